The van der Waals surface area contributed by atoms with Crippen molar-refractivity contribution in [2.45, 2.75) is 25.7 Å². The van der Waals surface area contributed by atoms with Gasteiger partial charge in [-0.25, -0.2) is 0 Å². The molecule has 3 heterocycles. The molecule has 0 saturated carbocycles. The van der Waals surface area contributed by atoms with Gasteiger partial charge in [-0.3, -0.25) is 4.79 Å². The van der Waals surface area contributed by atoms with Crippen LogP contribution in [0.3, 0.4) is 0 Å². The Balaban J connectivity index is 1.53. The van der Waals surface area contributed by atoms with Crippen molar-refractivity contribution in [3.63, 3.8) is 0 Å². The smallest absolute Gasteiger partial charge is 0.310 e. The van der Waals surface area contributed by atoms with Gasteiger partial charge in [0.2, 0.25) is 0 Å². The fourth-order valence-corrected chi connectivity index (χ4v) is 4.56. The predicted molar refractivity (Wildman–Crippen MR) is 104 cm³/mol. The summed E-state index contributed by atoms with van der Waals surface area (Å²) in [6.45, 7) is 2.63. The van der Waals surface area contributed by atoms with Gasteiger partial charge in [0, 0.05) is 31.9 Å². The first-order chi connectivity index (χ1) is 13.6. The number of anilines is 1. The SMILES string of the molecule is O=C(O)C1(C2CCOCC2)CCN(c2cnnc(-c3ccccc3O)c2)CC1. The van der Waals surface area contributed by atoms with Crippen molar-refractivity contribution in [2.24, 2.45) is 11.3 Å². The minimum Gasteiger partial charge on any atom is -0.507 e. The summed E-state index contributed by atoms with van der Waals surface area (Å²) in [5.41, 5.74) is 1.48. The Morgan fingerprint density at radius 1 is 1.18 bits per heavy atom. The molecular weight excluding hydrogens is 358 g/mol. The number of carboxylic acids is 1. The number of phenols is 1. The van der Waals surface area contributed by atoms with Crippen LogP contribution >= 0.6 is 0 Å². The van der Waals surface area contributed by atoms with E-state index < -0.39 is 11.4 Å². The number of benzene rings is 1. The second-order valence-electron chi connectivity index (χ2n) is 7.65. The number of carboxylic acid groups (broad SMARTS) is 1. The van der Waals surface area contributed by atoms with Crippen LogP contribution in [0.5, 0.6) is 5.75 Å². The molecule has 28 heavy (non-hydrogen) atoms. The van der Waals surface area contributed by atoms with Crippen LogP contribution in [-0.4, -0.2) is 52.7 Å². The van der Waals surface area contributed by atoms with Crippen LogP contribution in [0.1, 0.15) is 25.7 Å². The Morgan fingerprint density at radius 2 is 1.89 bits per heavy atom. The van der Waals surface area contributed by atoms with Gasteiger partial charge in [0.15, 0.2) is 0 Å². The van der Waals surface area contributed by atoms with Gasteiger partial charge in [-0.2, -0.15) is 10.2 Å². The van der Waals surface area contributed by atoms with Crippen LogP contribution < -0.4 is 4.90 Å². The van der Waals surface area contributed by atoms with E-state index in [0.717, 1.165) is 18.5 Å². The minimum absolute atomic E-state index is 0.164. The van der Waals surface area contributed by atoms with Crippen molar-refractivity contribution in [2.75, 3.05) is 31.2 Å². The highest BCUT2D eigenvalue weighted by atomic mass is 16.5. The maximum Gasteiger partial charge on any atom is 0.310 e. The van der Waals surface area contributed by atoms with E-state index in [1.54, 1.807) is 24.4 Å². The zero-order chi connectivity index (χ0) is 19.6. The molecule has 2 N–H and O–H groups in total. The molecule has 4 rings (SSSR count). The number of ether oxygens (including phenoxy) is 1. The first-order valence-corrected chi connectivity index (χ1v) is 9.77. The van der Waals surface area contributed by atoms with Crippen LogP contribution in [0.25, 0.3) is 11.3 Å². The van der Waals surface area contributed by atoms with Crippen LogP contribution in [0.4, 0.5) is 5.69 Å². The molecule has 0 spiro atoms. The fourth-order valence-electron chi connectivity index (χ4n) is 4.56. The Hall–Kier alpha value is -2.67. The van der Waals surface area contributed by atoms with Gasteiger partial charge in [-0.05, 0) is 49.8 Å². The third-order valence-corrected chi connectivity index (χ3v) is 6.27. The largest absolute Gasteiger partial charge is 0.507 e. The van der Waals surface area contributed by atoms with E-state index in [-0.39, 0.29) is 11.7 Å². The van der Waals surface area contributed by atoms with Crippen LogP contribution in [0, 0.1) is 11.3 Å². The van der Waals surface area contributed by atoms with E-state index in [2.05, 4.69) is 15.1 Å². The summed E-state index contributed by atoms with van der Waals surface area (Å²) in [6.07, 6.45) is 4.56. The Kier molecular flexibility index (Phi) is 5.17. The maximum atomic E-state index is 12.2. The van der Waals surface area contributed by atoms with E-state index in [1.165, 1.54) is 0 Å². The van der Waals surface area contributed by atoms with E-state index >= 15 is 0 Å². The minimum atomic E-state index is -0.679. The van der Waals surface area contributed by atoms with Crippen molar-refractivity contribution in [3.8, 4) is 17.0 Å². The third-order valence-electron chi connectivity index (χ3n) is 6.27. The number of aliphatic carboxylic acids is 1. The molecule has 0 amide bonds. The quantitative estimate of drug-likeness (QED) is 0.838. The number of hydrogen-bond acceptors (Lipinski definition) is 6. The van der Waals surface area contributed by atoms with E-state index in [0.29, 0.717) is 50.4 Å². The molecule has 0 aliphatic carbocycles. The van der Waals surface area contributed by atoms with Crippen LogP contribution in [0.2, 0.25) is 0 Å². The van der Waals surface area contributed by atoms with Crippen LogP contribution in [0.15, 0.2) is 36.5 Å². The number of phenolic OH excluding ortho intramolecular Hbond substituents is 1. The Morgan fingerprint density at radius 3 is 2.57 bits per heavy atom. The van der Waals surface area contributed by atoms with E-state index in [1.807, 2.05) is 12.1 Å². The molecule has 1 aromatic heterocycles. The second kappa shape index (κ2) is 7.75. The van der Waals surface area contributed by atoms with Crippen molar-refractivity contribution in [3.05, 3.63) is 36.5 Å². The molecule has 2 fully saturated rings. The van der Waals surface area contributed by atoms with Crippen molar-refractivity contribution >= 4 is 11.7 Å². The number of hydrogen-bond donors (Lipinski definition) is 2. The van der Waals surface area contributed by atoms with E-state index in [4.69, 9.17) is 4.74 Å². The molecule has 1 aromatic carbocycles. The highest BCUT2D eigenvalue weighted by Crippen LogP contribution is 2.44. The van der Waals surface area contributed by atoms with Crippen molar-refractivity contribution in [1.29, 1.82) is 0 Å². The summed E-state index contributed by atoms with van der Waals surface area (Å²) in [4.78, 5) is 14.4. The molecule has 0 radical (unpaired) electrons. The number of nitrogens with zero attached hydrogens (tertiary/aromatic N) is 3. The fraction of sp³-hybridized carbons (Fsp3) is 0.476. The summed E-state index contributed by atoms with van der Waals surface area (Å²) in [5, 5.41) is 28.3. The van der Waals surface area contributed by atoms with Crippen molar-refractivity contribution in [1.82, 2.24) is 10.2 Å². The number of aromatic nitrogens is 2. The van der Waals surface area contributed by atoms with Gasteiger partial charge in [-0.1, -0.05) is 12.1 Å². The first-order valence-electron chi connectivity index (χ1n) is 9.77. The Bertz CT molecular complexity index is 843. The van der Waals surface area contributed by atoms with Gasteiger partial charge in [-0.15, -0.1) is 0 Å². The van der Waals surface area contributed by atoms with Crippen molar-refractivity contribution < 1.29 is 19.7 Å². The summed E-state index contributed by atoms with van der Waals surface area (Å²) >= 11 is 0. The lowest BCUT2D eigenvalue weighted by Crippen LogP contribution is -2.50. The molecular formula is C21H25N3O4. The first kappa shape index (κ1) is 18.7. The zero-order valence-electron chi connectivity index (χ0n) is 15.8. The van der Waals surface area contributed by atoms with Gasteiger partial charge >= 0.3 is 5.97 Å². The molecule has 0 bridgehead atoms. The number of para-hydroxylation sites is 1. The van der Waals surface area contributed by atoms with E-state index in [9.17, 15) is 15.0 Å². The lowest BCUT2D eigenvalue weighted by atomic mass is 9.66. The average molecular weight is 383 g/mol. The Labute approximate surface area is 164 Å². The molecule has 2 aliphatic rings. The monoisotopic (exact) mass is 383 g/mol. The maximum absolute atomic E-state index is 12.2. The highest BCUT2D eigenvalue weighted by molar-refractivity contribution is 5.76. The third kappa shape index (κ3) is 3.42. The molecule has 7 nitrogen and oxygen atoms in total. The normalized spacial score (nSPS) is 20.1. The number of rotatable bonds is 4. The topological polar surface area (TPSA) is 95.8 Å². The number of carbonyl (C=O) groups is 1. The molecule has 148 valence electrons. The molecule has 2 aromatic rings. The van der Waals surface area contributed by atoms with Gasteiger partial charge in [0.1, 0.15) is 5.75 Å². The van der Waals surface area contributed by atoms with Gasteiger partial charge < -0.3 is 19.8 Å². The second-order valence-corrected chi connectivity index (χ2v) is 7.65. The number of piperidine rings is 1. The summed E-state index contributed by atoms with van der Waals surface area (Å²) < 4.78 is 5.43. The van der Waals surface area contributed by atoms with Crippen LogP contribution in [-0.2, 0) is 9.53 Å². The molecule has 0 unspecified atom stereocenters. The van der Waals surface area contributed by atoms with Gasteiger partial charge in [0.25, 0.3) is 0 Å². The lowest BCUT2D eigenvalue weighted by molar-refractivity contribution is -0.157. The summed E-state index contributed by atoms with van der Waals surface area (Å²) in [6, 6.07) is 8.95. The molecule has 0 atom stereocenters. The highest BCUT2D eigenvalue weighted by Gasteiger charge is 2.48. The molecule has 2 aliphatic heterocycles. The predicted octanol–water partition coefficient (Wildman–Crippen LogP) is 2.95. The average Bonchev–Trinajstić information content (AvgIpc) is 2.75. The lowest BCUT2D eigenvalue weighted by Gasteiger charge is -2.45. The van der Waals surface area contributed by atoms with Gasteiger partial charge in [0.05, 0.1) is 23.0 Å². The molecule has 2 saturated heterocycles. The number of aromatic hydroxyl groups is 1. The standard InChI is InChI=1S/C21H25N3O4/c25-19-4-2-1-3-17(19)18-13-16(14-22-23-18)24-9-7-21(8-10-24,20(26)27)15-5-11-28-12-6-15/h1-4,13-15,25H,5-12H2,(H,26,27). The summed E-state index contributed by atoms with van der Waals surface area (Å²) in [7, 11) is 0. The summed E-state index contributed by atoms with van der Waals surface area (Å²) in [5.74, 6) is -0.341. The zero-order valence-corrected chi connectivity index (χ0v) is 15.8. The molecule has 7 heteroatoms.